The fourth-order valence-corrected chi connectivity index (χ4v) is 2.54. The molecule has 1 aliphatic rings. The van der Waals surface area contributed by atoms with Crippen LogP contribution >= 0.6 is 11.6 Å². The zero-order chi connectivity index (χ0) is 13.0. The molecule has 0 spiro atoms. The summed E-state index contributed by atoms with van der Waals surface area (Å²) in [5, 5.41) is 10.1. The van der Waals surface area contributed by atoms with Crippen molar-refractivity contribution in [3.05, 3.63) is 34.6 Å². The molecule has 18 heavy (non-hydrogen) atoms. The van der Waals surface area contributed by atoms with Crippen molar-refractivity contribution >= 4 is 11.6 Å². The van der Waals surface area contributed by atoms with Crippen LogP contribution in [0.2, 0.25) is 5.02 Å². The van der Waals surface area contributed by atoms with Gasteiger partial charge >= 0.3 is 0 Å². The molecule has 0 radical (unpaired) electrons. The highest BCUT2D eigenvalue weighted by atomic mass is 35.5. The number of hydrogen-bond acceptors (Lipinski definition) is 2. The van der Waals surface area contributed by atoms with Crippen LogP contribution < -0.4 is 0 Å². The van der Waals surface area contributed by atoms with Crippen LogP contribution in [-0.2, 0) is 11.2 Å². The second-order valence-corrected chi connectivity index (χ2v) is 5.17. The van der Waals surface area contributed by atoms with Gasteiger partial charge in [-0.3, -0.25) is 0 Å². The number of halogens is 2. The summed E-state index contributed by atoms with van der Waals surface area (Å²) in [6.45, 7) is 0.776. The average Bonchev–Trinajstić information content (AvgIpc) is 2.36. The maximum Gasteiger partial charge on any atom is 0.142 e. The molecule has 1 aromatic carbocycles. The van der Waals surface area contributed by atoms with Crippen molar-refractivity contribution in [1.82, 2.24) is 0 Å². The van der Waals surface area contributed by atoms with Crippen LogP contribution in [-0.4, -0.2) is 23.9 Å². The van der Waals surface area contributed by atoms with E-state index in [-0.39, 0.29) is 11.1 Å². The molecule has 1 saturated heterocycles. The third-order valence-corrected chi connectivity index (χ3v) is 3.72. The summed E-state index contributed by atoms with van der Waals surface area (Å²) in [4.78, 5) is 0. The van der Waals surface area contributed by atoms with E-state index in [0.717, 1.165) is 25.9 Å². The van der Waals surface area contributed by atoms with Gasteiger partial charge in [-0.15, -0.1) is 0 Å². The first-order valence-electron chi connectivity index (χ1n) is 6.39. The minimum atomic E-state index is -0.535. The molecule has 1 aromatic rings. The van der Waals surface area contributed by atoms with Gasteiger partial charge in [-0.1, -0.05) is 23.7 Å². The summed E-state index contributed by atoms with van der Waals surface area (Å²) in [5.41, 5.74) is 0.653. The fraction of sp³-hybridized carbons (Fsp3) is 0.571. The first-order chi connectivity index (χ1) is 8.66. The molecule has 0 aromatic heterocycles. The minimum Gasteiger partial charge on any atom is -0.393 e. The molecule has 0 bridgehead atoms. The second-order valence-electron chi connectivity index (χ2n) is 4.80. The molecule has 2 rings (SSSR count). The lowest BCUT2D eigenvalue weighted by atomic mass is 9.99. The first kappa shape index (κ1) is 13.8. The fourth-order valence-electron chi connectivity index (χ4n) is 2.34. The monoisotopic (exact) mass is 272 g/mol. The first-order valence-corrected chi connectivity index (χ1v) is 6.77. The van der Waals surface area contributed by atoms with Gasteiger partial charge < -0.3 is 9.84 Å². The van der Waals surface area contributed by atoms with Crippen LogP contribution in [0.15, 0.2) is 18.2 Å². The van der Waals surface area contributed by atoms with Crippen molar-refractivity contribution < 1.29 is 14.2 Å². The van der Waals surface area contributed by atoms with Crippen LogP contribution in [0.25, 0.3) is 0 Å². The molecule has 1 heterocycles. The summed E-state index contributed by atoms with van der Waals surface area (Å²) in [6.07, 6.45) is 3.80. The Hall–Kier alpha value is -0.640. The standard InChI is InChI=1S/C14H18ClFO2/c15-14-10(4-3-6-13(14)16)8-11(17)9-12-5-1-2-7-18-12/h3-4,6,11-12,17H,1-2,5,7-9H2. The SMILES string of the molecule is OC(Cc1cccc(F)c1Cl)CC1CCCCO1. The Bertz CT molecular complexity index is 391. The molecule has 1 N–H and O–H groups in total. The van der Waals surface area contributed by atoms with E-state index in [0.29, 0.717) is 18.4 Å². The minimum absolute atomic E-state index is 0.112. The molecule has 1 fully saturated rings. The van der Waals surface area contributed by atoms with Crippen LogP contribution in [0.5, 0.6) is 0 Å². The molecule has 2 unspecified atom stereocenters. The third kappa shape index (κ3) is 3.67. The van der Waals surface area contributed by atoms with Gasteiger partial charge in [0, 0.05) is 13.0 Å². The molecule has 0 saturated carbocycles. The third-order valence-electron chi connectivity index (χ3n) is 3.30. The highest BCUT2D eigenvalue weighted by molar-refractivity contribution is 6.31. The Morgan fingerprint density at radius 2 is 2.28 bits per heavy atom. The van der Waals surface area contributed by atoms with Gasteiger partial charge in [0.1, 0.15) is 5.82 Å². The van der Waals surface area contributed by atoms with Gasteiger partial charge in [0.05, 0.1) is 17.2 Å². The van der Waals surface area contributed by atoms with Crippen LogP contribution in [0.1, 0.15) is 31.2 Å². The van der Waals surface area contributed by atoms with Crippen molar-refractivity contribution in [1.29, 1.82) is 0 Å². The average molecular weight is 273 g/mol. The predicted octanol–water partition coefficient (Wildman–Crippen LogP) is 3.34. The van der Waals surface area contributed by atoms with E-state index in [4.69, 9.17) is 16.3 Å². The van der Waals surface area contributed by atoms with E-state index in [1.165, 1.54) is 6.07 Å². The Morgan fingerprint density at radius 1 is 1.44 bits per heavy atom. The molecular formula is C14H18ClFO2. The highest BCUT2D eigenvalue weighted by Gasteiger charge is 2.19. The van der Waals surface area contributed by atoms with Gasteiger partial charge in [0.15, 0.2) is 0 Å². The van der Waals surface area contributed by atoms with Crippen molar-refractivity contribution in [2.75, 3.05) is 6.61 Å². The number of aliphatic hydroxyl groups excluding tert-OH is 1. The molecule has 0 aliphatic carbocycles. The Morgan fingerprint density at radius 3 is 3.00 bits per heavy atom. The Balaban J connectivity index is 1.90. The molecule has 1 aliphatic heterocycles. The van der Waals surface area contributed by atoms with Gasteiger partial charge in [-0.25, -0.2) is 4.39 Å². The molecular weight excluding hydrogens is 255 g/mol. The largest absolute Gasteiger partial charge is 0.393 e. The maximum absolute atomic E-state index is 13.2. The van der Waals surface area contributed by atoms with Crippen LogP contribution in [0, 0.1) is 5.82 Å². The maximum atomic E-state index is 13.2. The van der Waals surface area contributed by atoms with E-state index in [2.05, 4.69) is 0 Å². The van der Waals surface area contributed by atoms with Crippen molar-refractivity contribution in [3.63, 3.8) is 0 Å². The highest BCUT2D eigenvalue weighted by Crippen LogP contribution is 2.23. The zero-order valence-corrected chi connectivity index (χ0v) is 11.0. The number of hydrogen-bond donors (Lipinski definition) is 1. The van der Waals surface area contributed by atoms with Crippen molar-refractivity contribution in [2.45, 2.75) is 44.3 Å². The van der Waals surface area contributed by atoms with Crippen LogP contribution in [0.3, 0.4) is 0 Å². The molecule has 2 nitrogen and oxygen atoms in total. The molecule has 0 amide bonds. The van der Waals surface area contributed by atoms with E-state index >= 15 is 0 Å². The lowest BCUT2D eigenvalue weighted by Crippen LogP contribution is -2.25. The van der Waals surface area contributed by atoms with Gasteiger partial charge in [-0.05, 0) is 37.3 Å². The normalized spacial score (nSPS) is 21.8. The Labute approximate surface area is 112 Å². The van der Waals surface area contributed by atoms with E-state index < -0.39 is 11.9 Å². The number of rotatable bonds is 4. The quantitative estimate of drug-likeness (QED) is 0.911. The van der Waals surface area contributed by atoms with Crippen molar-refractivity contribution in [2.24, 2.45) is 0 Å². The van der Waals surface area contributed by atoms with Gasteiger partial charge in [-0.2, -0.15) is 0 Å². The van der Waals surface area contributed by atoms with Crippen molar-refractivity contribution in [3.8, 4) is 0 Å². The summed E-state index contributed by atoms with van der Waals surface area (Å²) < 4.78 is 18.8. The summed E-state index contributed by atoms with van der Waals surface area (Å²) in [5.74, 6) is -0.435. The Kier molecular flexibility index (Phi) is 4.98. The molecule has 2 atom stereocenters. The number of ether oxygens (including phenoxy) is 1. The number of benzene rings is 1. The zero-order valence-electron chi connectivity index (χ0n) is 10.2. The molecule has 4 heteroatoms. The van der Waals surface area contributed by atoms with Gasteiger partial charge in [0.2, 0.25) is 0 Å². The summed E-state index contributed by atoms with van der Waals surface area (Å²) in [7, 11) is 0. The topological polar surface area (TPSA) is 29.5 Å². The van der Waals surface area contributed by atoms with Gasteiger partial charge in [0.25, 0.3) is 0 Å². The van der Waals surface area contributed by atoms with E-state index in [1.807, 2.05) is 0 Å². The number of aliphatic hydroxyl groups is 1. The molecule has 100 valence electrons. The van der Waals surface area contributed by atoms with Crippen LogP contribution in [0.4, 0.5) is 4.39 Å². The summed E-state index contributed by atoms with van der Waals surface area (Å²) >= 11 is 5.86. The van der Waals surface area contributed by atoms with E-state index in [9.17, 15) is 9.50 Å². The predicted molar refractivity (Wildman–Crippen MR) is 69.3 cm³/mol. The second kappa shape index (κ2) is 6.50. The van der Waals surface area contributed by atoms with E-state index in [1.54, 1.807) is 12.1 Å². The smallest absolute Gasteiger partial charge is 0.142 e. The lowest BCUT2D eigenvalue weighted by molar-refractivity contribution is -0.0147. The lowest BCUT2D eigenvalue weighted by Gasteiger charge is -2.24. The summed E-state index contributed by atoms with van der Waals surface area (Å²) in [6, 6.07) is 4.68.